The Kier molecular flexibility index (Phi) is 24.8. The van der Waals surface area contributed by atoms with Crippen LogP contribution in [0.2, 0.25) is 0 Å². The molecule has 1 aliphatic rings. The Morgan fingerprint density at radius 3 is 1.43 bits per heavy atom. The van der Waals surface area contributed by atoms with Crippen molar-refractivity contribution < 1.29 is 117 Å². The minimum absolute atomic E-state index is 0. The van der Waals surface area contributed by atoms with Crippen LogP contribution in [-0.2, 0) is 36.1 Å². The number of para-hydroxylation sites is 2. The maximum absolute atomic E-state index is 10.3. The third-order valence-electron chi connectivity index (χ3n) is 4.22. The van der Waals surface area contributed by atoms with Gasteiger partial charge in [0.15, 0.2) is 23.0 Å². The molecule has 216 valence electrons. The Bertz CT molecular complexity index is 978. The normalized spacial score (nSPS) is 13.7. The van der Waals surface area contributed by atoms with E-state index in [1.165, 1.54) is 0 Å². The van der Waals surface area contributed by atoms with Crippen molar-refractivity contribution in [2.75, 3.05) is 52.7 Å². The first-order chi connectivity index (χ1) is 18.2. The summed E-state index contributed by atoms with van der Waals surface area (Å²) in [5.41, 5.74) is 1.13. The monoisotopic (exact) mass is 628 g/mol. The van der Waals surface area contributed by atoms with E-state index in [2.05, 4.69) is 9.98 Å². The number of ether oxygens (including phenoxy) is 4. The third kappa shape index (κ3) is 19.1. The van der Waals surface area contributed by atoms with Crippen molar-refractivity contribution in [2.45, 2.75) is 13.8 Å². The fourth-order valence-corrected chi connectivity index (χ4v) is 2.70. The summed E-state index contributed by atoms with van der Waals surface area (Å²) in [4.78, 5) is 26.5. The molecule has 2 aromatic rings. The second kappa shape index (κ2) is 24.8. The van der Waals surface area contributed by atoms with Crippen molar-refractivity contribution in [1.29, 1.82) is 0 Å². The summed E-state index contributed by atoms with van der Waals surface area (Å²) in [7, 11) is 0. The van der Waals surface area contributed by atoms with Gasteiger partial charge in [0, 0.05) is 53.5 Å². The van der Waals surface area contributed by atoms with Crippen molar-refractivity contribution >= 4 is 24.4 Å². The van der Waals surface area contributed by atoms with Gasteiger partial charge in [-0.1, -0.05) is 12.1 Å². The van der Waals surface area contributed by atoms with Crippen LogP contribution in [0, 0.1) is 0 Å². The minimum Gasteiger partial charge on any atom is -0.550 e. The Balaban J connectivity index is 0. The van der Waals surface area contributed by atoms with Gasteiger partial charge in [-0.15, -0.1) is 0 Å². The summed E-state index contributed by atoms with van der Waals surface area (Å²) < 4.78 is 22.1. The van der Waals surface area contributed by atoms with Crippen LogP contribution in [-0.4, -0.2) is 92.4 Å². The Morgan fingerprint density at radius 2 is 1.07 bits per heavy atom. The average molecular weight is 628 g/mol. The van der Waals surface area contributed by atoms with Gasteiger partial charge < -0.3 is 44.2 Å². The van der Waals surface area contributed by atoms with Crippen molar-refractivity contribution in [3.8, 4) is 23.0 Å². The molecule has 2 aromatic carbocycles. The van der Waals surface area contributed by atoms with Crippen LogP contribution in [0.1, 0.15) is 25.0 Å². The van der Waals surface area contributed by atoms with Crippen LogP contribution in [0.25, 0.3) is 0 Å². The van der Waals surface area contributed by atoms with E-state index in [9.17, 15) is 10.2 Å². The van der Waals surface area contributed by atoms with Crippen molar-refractivity contribution in [1.82, 2.24) is 0 Å². The standard InChI is InChI=1S/C22H26N2O6.2C2H4O2.Fe.K/c25-21-17-3-1-5-19(21)29-13-11-27-9-10-28-12-14-30-20-6-2-4-18(22(20)26)16-24-8-7-23-15-17;2*1-2(3)4;;/h1-6,15-16,25-26H,7-14H2;2*1H3,(H,3,4);;/q;;;;+1/p-1. The zero-order valence-electron chi connectivity index (χ0n) is 22.7. The van der Waals surface area contributed by atoms with E-state index in [1.807, 2.05) is 0 Å². The number of benzene rings is 2. The summed E-state index contributed by atoms with van der Waals surface area (Å²) in [5.74, 6) is -1.08. The first-order valence-corrected chi connectivity index (χ1v) is 11.6. The maximum atomic E-state index is 10.3. The number of aliphatic carboxylic acids is 2. The van der Waals surface area contributed by atoms with E-state index in [-0.39, 0.29) is 80.0 Å². The SMILES string of the molecule is CC(=O)O.CC(=O)[O-].Oc1c2cccc1OCCOCCOCCOc1cccc(c1O)C=NCCN=C2.[Fe].[K+]. The molecule has 0 saturated heterocycles. The van der Waals surface area contributed by atoms with E-state index < -0.39 is 11.9 Å². The van der Waals surface area contributed by atoms with Crippen LogP contribution >= 0.6 is 0 Å². The molecular weight excluding hydrogens is 595 g/mol. The molecule has 1 heterocycles. The molecule has 0 atom stereocenters. The van der Waals surface area contributed by atoms with Crippen molar-refractivity contribution in [3.63, 3.8) is 0 Å². The largest absolute Gasteiger partial charge is 1.00 e. The van der Waals surface area contributed by atoms with Gasteiger partial charge in [0.25, 0.3) is 5.97 Å². The number of hydrogen-bond donors (Lipinski definition) is 3. The average Bonchev–Trinajstić information content (AvgIpc) is 2.84. The van der Waals surface area contributed by atoms with Gasteiger partial charge in [-0.3, -0.25) is 14.8 Å². The topological polar surface area (TPSA) is 180 Å². The van der Waals surface area contributed by atoms with Gasteiger partial charge in [0.1, 0.15) is 13.2 Å². The zero-order chi connectivity index (χ0) is 28.2. The van der Waals surface area contributed by atoms with Gasteiger partial charge in [0.05, 0.1) is 39.5 Å². The van der Waals surface area contributed by atoms with Crippen molar-refractivity contribution in [3.05, 3.63) is 47.5 Å². The molecule has 0 amide bonds. The Labute approximate surface area is 286 Å². The van der Waals surface area contributed by atoms with Crippen LogP contribution in [0.15, 0.2) is 46.4 Å². The smallest absolute Gasteiger partial charge is 0.550 e. The maximum Gasteiger partial charge on any atom is 1.00 e. The van der Waals surface area contributed by atoms with E-state index >= 15 is 0 Å². The second-order valence-electron chi connectivity index (χ2n) is 7.39. The third-order valence-corrected chi connectivity index (χ3v) is 4.22. The molecule has 0 spiro atoms. The quantitative estimate of drug-likeness (QED) is 0.285. The first kappa shape index (κ1) is 40.1. The van der Waals surface area contributed by atoms with Crippen LogP contribution in [0.3, 0.4) is 0 Å². The fourth-order valence-electron chi connectivity index (χ4n) is 2.70. The van der Waals surface area contributed by atoms with Gasteiger partial charge in [-0.05, 0) is 31.2 Å². The molecule has 0 aromatic heterocycles. The molecule has 0 radical (unpaired) electrons. The Hall–Kier alpha value is -2.00. The number of rotatable bonds is 0. The number of nitrogens with zero attached hydrogens (tertiary/aromatic N) is 2. The molecule has 12 nitrogen and oxygen atoms in total. The zero-order valence-corrected chi connectivity index (χ0v) is 27.0. The minimum atomic E-state index is -1.08. The van der Waals surface area contributed by atoms with E-state index in [1.54, 1.807) is 48.8 Å². The van der Waals surface area contributed by atoms with E-state index in [0.717, 1.165) is 13.8 Å². The fraction of sp³-hybridized carbons (Fsp3) is 0.385. The molecule has 14 heteroatoms. The molecule has 0 unspecified atom stereocenters. The Morgan fingerprint density at radius 1 is 0.750 bits per heavy atom. The molecule has 1 aliphatic heterocycles. The number of carboxylic acids is 2. The number of carbonyl (C=O) groups excluding carboxylic acids is 1. The van der Waals surface area contributed by atoms with Crippen molar-refractivity contribution in [2.24, 2.45) is 9.98 Å². The summed E-state index contributed by atoms with van der Waals surface area (Å²) in [5, 5.41) is 37.0. The molecule has 4 bridgehead atoms. The van der Waals surface area contributed by atoms with Crippen LogP contribution in [0.5, 0.6) is 23.0 Å². The molecule has 40 heavy (non-hydrogen) atoms. The molecule has 0 fully saturated rings. The summed E-state index contributed by atoms with van der Waals surface area (Å²) in [6.07, 6.45) is 3.17. The number of phenols is 2. The number of hydrogen-bond acceptors (Lipinski definition) is 11. The van der Waals surface area contributed by atoms with Gasteiger partial charge in [-0.2, -0.15) is 0 Å². The van der Waals surface area contributed by atoms with E-state index in [0.29, 0.717) is 75.4 Å². The molecule has 3 N–H and O–H groups in total. The number of aliphatic imine (C=N–C) groups is 2. The van der Waals surface area contributed by atoms with Crippen LogP contribution in [0.4, 0.5) is 0 Å². The molecular formula is C26H33FeKN2O10. The summed E-state index contributed by atoms with van der Waals surface area (Å²) in [6.45, 7) is 5.11. The summed E-state index contributed by atoms with van der Waals surface area (Å²) >= 11 is 0. The van der Waals surface area contributed by atoms with Gasteiger partial charge >= 0.3 is 51.4 Å². The molecule has 3 rings (SSSR count). The number of carboxylic acid groups (broad SMARTS) is 2. The van der Waals surface area contributed by atoms with Gasteiger partial charge in [-0.25, -0.2) is 0 Å². The molecule has 0 aliphatic carbocycles. The summed E-state index contributed by atoms with van der Waals surface area (Å²) in [6, 6.07) is 10.5. The van der Waals surface area contributed by atoms with Gasteiger partial charge in [0.2, 0.25) is 0 Å². The predicted molar refractivity (Wildman–Crippen MR) is 138 cm³/mol. The van der Waals surface area contributed by atoms with Crippen LogP contribution < -0.4 is 66.0 Å². The second-order valence-corrected chi connectivity index (χ2v) is 7.39. The van der Waals surface area contributed by atoms with E-state index in [4.69, 9.17) is 38.7 Å². The number of aromatic hydroxyl groups is 2. The molecule has 0 saturated carbocycles. The predicted octanol–water partition coefficient (Wildman–Crippen LogP) is -1.71. The number of fused-ring (bicyclic) bond motifs is 4. The number of phenolic OH excluding ortho intramolecular Hbond substituents is 2. The number of carbonyl (C=O) groups is 2. The first-order valence-electron chi connectivity index (χ1n) is 11.6.